The average Bonchev–Trinajstić information content (AvgIpc) is 3.20. The Kier molecular flexibility index (Phi) is 8.20. The van der Waals surface area contributed by atoms with E-state index in [0.29, 0.717) is 37.6 Å². The number of likely N-dealkylation sites (tertiary alicyclic amines) is 1. The van der Waals surface area contributed by atoms with Gasteiger partial charge in [-0.2, -0.15) is 13.2 Å². The third kappa shape index (κ3) is 5.97. The first kappa shape index (κ1) is 24.9. The minimum Gasteiger partial charge on any atom is -0.493 e. The molecule has 0 saturated carbocycles. The van der Waals surface area contributed by atoms with Crippen molar-refractivity contribution < 1.29 is 27.4 Å². The number of carbonyl (C=O) groups is 1. The summed E-state index contributed by atoms with van der Waals surface area (Å²) in [4.78, 5) is 14.8. The molecule has 6 nitrogen and oxygen atoms in total. The molecule has 1 amide bonds. The maximum Gasteiger partial charge on any atom is 0.416 e. The quantitative estimate of drug-likeness (QED) is 0.593. The predicted molar refractivity (Wildman–Crippen MR) is 119 cm³/mol. The second-order valence-corrected chi connectivity index (χ2v) is 7.96. The summed E-state index contributed by atoms with van der Waals surface area (Å²) in [7, 11) is 3.13. The molecule has 0 aromatic heterocycles. The Hall–Kier alpha value is -2.78. The number of ether oxygens (including phenoxy) is 2. The summed E-state index contributed by atoms with van der Waals surface area (Å²) in [6.07, 6.45) is -3.92. The largest absolute Gasteiger partial charge is 0.493 e. The summed E-state index contributed by atoms with van der Waals surface area (Å²) in [5.74, 6) is 1.10. The normalized spacial score (nSPS) is 18.8. The highest BCUT2D eigenvalue weighted by molar-refractivity contribution is 5.82. The third-order valence-corrected chi connectivity index (χ3v) is 5.82. The molecule has 0 spiro atoms. The van der Waals surface area contributed by atoms with Crippen LogP contribution in [0.1, 0.15) is 30.0 Å². The number of halogens is 3. The van der Waals surface area contributed by atoms with Crippen molar-refractivity contribution >= 4 is 5.91 Å². The lowest BCUT2D eigenvalue weighted by atomic mass is 10.1. The van der Waals surface area contributed by atoms with Gasteiger partial charge in [-0.3, -0.25) is 9.69 Å². The topological polar surface area (TPSA) is 62.8 Å². The van der Waals surface area contributed by atoms with E-state index >= 15 is 0 Å². The molecule has 0 radical (unpaired) electrons. The molecule has 1 heterocycles. The lowest BCUT2D eigenvalue weighted by Gasteiger charge is -2.24. The number of hydrogen-bond donors (Lipinski definition) is 2. The second kappa shape index (κ2) is 10.9. The summed E-state index contributed by atoms with van der Waals surface area (Å²) in [5, 5.41) is 6.09. The zero-order valence-electron chi connectivity index (χ0n) is 19.0. The number of para-hydroxylation sites is 1. The summed E-state index contributed by atoms with van der Waals surface area (Å²) in [6, 6.07) is 10.6. The van der Waals surface area contributed by atoms with Gasteiger partial charge >= 0.3 is 6.18 Å². The molecule has 0 aliphatic carbocycles. The highest BCUT2D eigenvalue weighted by Crippen LogP contribution is 2.34. The van der Waals surface area contributed by atoms with E-state index in [1.807, 2.05) is 24.0 Å². The van der Waals surface area contributed by atoms with Crippen molar-refractivity contribution in [1.82, 2.24) is 15.5 Å². The number of alkyl halides is 3. The molecule has 0 unspecified atom stereocenters. The van der Waals surface area contributed by atoms with Gasteiger partial charge in [0.15, 0.2) is 11.5 Å². The van der Waals surface area contributed by atoms with E-state index in [2.05, 4.69) is 10.6 Å². The Balaban J connectivity index is 1.76. The zero-order valence-corrected chi connectivity index (χ0v) is 19.0. The Bertz CT molecular complexity index is 952. The summed E-state index contributed by atoms with van der Waals surface area (Å²) in [5.41, 5.74) is 0.412. The number of hydrogen-bond acceptors (Lipinski definition) is 5. The van der Waals surface area contributed by atoms with E-state index in [4.69, 9.17) is 9.47 Å². The van der Waals surface area contributed by atoms with Gasteiger partial charge in [-0.1, -0.05) is 30.3 Å². The molecule has 3 rings (SSSR count). The lowest BCUT2D eigenvalue weighted by molar-refractivity contribution is -0.138. The molecule has 1 saturated heterocycles. The SMILES string of the molecule is CCNC(=O)[C@@H]1C[C@H](NCc2ccccc2C(F)(F)F)CN1Cc1cccc(OC)c1OC. The number of benzene rings is 2. The molecule has 2 aromatic carbocycles. The van der Waals surface area contributed by atoms with Crippen LogP contribution >= 0.6 is 0 Å². The molecule has 2 aromatic rings. The Labute approximate surface area is 192 Å². The van der Waals surface area contributed by atoms with Gasteiger partial charge in [0.25, 0.3) is 0 Å². The fraction of sp³-hybridized carbons (Fsp3) is 0.458. The van der Waals surface area contributed by atoms with Crippen molar-refractivity contribution in [3.8, 4) is 11.5 Å². The first-order valence-electron chi connectivity index (χ1n) is 10.9. The minimum atomic E-state index is -4.41. The minimum absolute atomic E-state index is 0.0682. The van der Waals surface area contributed by atoms with Crippen LogP contribution < -0.4 is 20.1 Å². The molecule has 1 fully saturated rings. The smallest absolute Gasteiger partial charge is 0.416 e. The monoisotopic (exact) mass is 465 g/mol. The van der Waals surface area contributed by atoms with Gasteiger partial charge in [-0.15, -0.1) is 0 Å². The van der Waals surface area contributed by atoms with Crippen molar-refractivity contribution in [1.29, 1.82) is 0 Å². The molecule has 180 valence electrons. The van der Waals surface area contributed by atoms with Gasteiger partial charge in [0.05, 0.1) is 25.8 Å². The van der Waals surface area contributed by atoms with E-state index in [0.717, 1.165) is 11.6 Å². The highest BCUT2D eigenvalue weighted by Gasteiger charge is 2.37. The highest BCUT2D eigenvalue weighted by atomic mass is 19.4. The van der Waals surface area contributed by atoms with E-state index in [1.54, 1.807) is 26.4 Å². The molecule has 33 heavy (non-hydrogen) atoms. The Morgan fingerprint density at radius 1 is 1.09 bits per heavy atom. The summed E-state index contributed by atoms with van der Waals surface area (Å²) < 4.78 is 50.9. The van der Waals surface area contributed by atoms with Gasteiger partial charge < -0.3 is 20.1 Å². The van der Waals surface area contributed by atoms with Gasteiger partial charge in [-0.25, -0.2) is 0 Å². The molecule has 1 aliphatic rings. The van der Waals surface area contributed by atoms with E-state index in [-0.39, 0.29) is 24.1 Å². The first-order valence-corrected chi connectivity index (χ1v) is 10.9. The van der Waals surface area contributed by atoms with Gasteiger partial charge in [0, 0.05) is 37.8 Å². The Morgan fingerprint density at radius 2 is 1.82 bits per heavy atom. The predicted octanol–water partition coefficient (Wildman–Crippen LogP) is 3.59. The molecule has 0 bridgehead atoms. The molecule has 1 aliphatic heterocycles. The number of carbonyl (C=O) groups excluding carboxylic acids is 1. The Morgan fingerprint density at radius 3 is 2.48 bits per heavy atom. The van der Waals surface area contributed by atoms with Crippen molar-refractivity contribution in [3.63, 3.8) is 0 Å². The fourth-order valence-electron chi connectivity index (χ4n) is 4.29. The standard InChI is InChI=1S/C24H30F3N3O3/c1-4-28-23(31)20-12-18(29-13-16-8-5-6-10-19(16)24(25,26)27)15-30(20)14-17-9-7-11-21(32-2)22(17)33-3/h5-11,18,20,29H,4,12-15H2,1-3H3,(H,28,31)/t18-,20-/m0/s1. The number of likely N-dealkylation sites (N-methyl/N-ethyl adjacent to an activating group) is 1. The number of nitrogens with zero attached hydrogens (tertiary/aromatic N) is 1. The average molecular weight is 466 g/mol. The van der Waals surface area contributed by atoms with Crippen LogP contribution in [0.4, 0.5) is 13.2 Å². The van der Waals surface area contributed by atoms with Crippen LogP contribution in [-0.2, 0) is 24.1 Å². The maximum absolute atomic E-state index is 13.3. The second-order valence-electron chi connectivity index (χ2n) is 7.96. The molecule has 2 N–H and O–H groups in total. The van der Waals surface area contributed by atoms with Crippen molar-refractivity contribution in [2.24, 2.45) is 0 Å². The molecular formula is C24H30F3N3O3. The van der Waals surface area contributed by atoms with Crippen molar-refractivity contribution in [3.05, 3.63) is 59.2 Å². The number of methoxy groups -OCH3 is 2. The first-order chi connectivity index (χ1) is 15.8. The van der Waals surface area contributed by atoms with E-state index < -0.39 is 17.8 Å². The van der Waals surface area contributed by atoms with Crippen LogP contribution in [0.2, 0.25) is 0 Å². The van der Waals surface area contributed by atoms with Gasteiger partial charge in [0.1, 0.15) is 0 Å². The van der Waals surface area contributed by atoms with Crippen molar-refractivity contribution in [2.75, 3.05) is 27.3 Å². The third-order valence-electron chi connectivity index (χ3n) is 5.82. The molecule has 2 atom stereocenters. The zero-order chi connectivity index (χ0) is 24.0. The lowest BCUT2D eigenvalue weighted by Crippen LogP contribution is -2.42. The molecule has 9 heteroatoms. The summed E-state index contributed by atoms with van der Waals surface area (Å²) >= 11 is 0. The van der Waals surface area contributed by atoms with Crippen LogP contribution in [-0.4, -0.2) is 50.2 Å². The fourth-order valence-corrected chi connectivity index (χ4v) is 4.29. The van der Waals surface area contributed by atoms with Gasteiger partial charge in [-0.05, 0) is 31.0 Å². The van der Waals surface area contributed by atoms with Gasteiger partial charge in [0.2, 0.25) is 5.91 Å². The van der Waals surface area contributed by atoms with Crippen molar-refractivity contribution in [2.45, 2.75) is 44.7 Å². The number of nitrogens with one attached hydrogen (secondary N) is 2. The maximum atomic E-state index is 13.3. The van der Waals surface area contributed by atoms with Crippen LogP contribution in [0, 0.1) is 0 Å². The van der Waals surface area contributed by atoms with E-state index in [9.17, 15) is 18.0 Å². The summed E-state index contributed by atoms with van der Waals surface area (Å²) in [6.45, 7) is 3.38. The van der Waals surface area contributed by atoms with E-state index in [1.165, 1.54) is 12.1 Å². The number of rotatable bonds is 9. The van der Waals surface area contributed by atoms with Crippen LogP contribution in [0.5, 0.6) is 11.5 Å². The molecular weight excluding hydrogens is 435 g/mol. The van der Waals surface area contributed by atoms with Crippen LogP contribution in [0.25, 0.3) is 0 Å². The number of amides is 1. The van der Waals surface area contributed by atoms with Crippen LogP contribution in [0.3, 0.4) is 0 Å². The van der Waals surface area contributed by atoms with Crippen LogP contribution in [0.15, 0.2) is 42.5 Å².